The molecule has 2 aliphatic rings. The second-order valence-electron chi connectivity index (χ2n) is 9.29. The molecule has 1 heterocycles. The van der Waals surface area contributed by atoms with E-state index in [1.54, 1.807) is 24.1 Å². The largest absolute Gasteiger partial charge is 0.497 e. The molecular weight excluding hydrogens is 466 g/mol. The minimum absolute atomic E-state index is 0.0514. The van der Waals surface area contributed by atoms with Gasteiger partial charge in [-0.2, -0.15) is 4.31 Å². The molecular formula is C26H33N3O5S. The van der Waals surface area contributed by atoms with Gasteiger partial charge in [0, 0.05) is 51.3 Å². The molecule has 1 saturated carbocycles. The Morgan fingerprint density at radius 1 is 1.00 bits per heavy atom. The molecule has 35 heavy (non-hydrogen) atoms. The van der Waals surface area contributed by atoms with Crippen molar-refractivity contribution in [3.63, 3.8) is 0 Å². The summed E-state index contributed by atoms with van der Waals surface area (Å²) >= 11 is 0. The number of rotatable bonds is 8. The number of hydrogen-bond acceptors (Lipinski definition) is 5. The molecule has 1 atom stereocenters. The number of carbonyl (C=O) groups excluding carboxylic acids is 2. The Morgan fingerprint density at radius 3 is 2.11 bits per heavy atom. The van der Waals surface area contributed by atoms with Crippen LogP contribution in [0.2, 0.25) is 0 Å². The third-order valence-corrected chi connectivity index (χ3v) is 8.90. The lowest BCUT2D eigenvalue weighted by molar-refractivity contribution is -0.129. The first-order valence-electron chi connectivity index (χ1n) is 12.0. The molecule has 1 aliphatic carbocycles. The molecule has 1 saturated heterocycles. The van der Waals surface area contributed by atoms with E-state index in [0.717, 1.165) is 24.2 Å². The Morgan fingerprint density at radius 2 is 1.60 bits per heavy atom. The van der Waals surface area contributed by atoms with Gasteiger partial charge in [-0.3, -0.25) is 9.59 Å². The van der Waals surface area contributed by atoms with Crippen LogP contribution < -0.4 is 4.74 Å². The molecule has 4 rings (SSSR count). The van der Waals surface area contributed by atoms with Crippen LogP contribution in [0.15, 0.2) is 53.4 Å². The van der Waals surface area contributed by atoms with Crippen LogP contribution in [0.5, 0.6) is 5.75 Å². The molecule has 2 aromatic rings. The predicted octanol–water partition coefficient (Wildman–Crippen LogP) is 2.99. The smallest absolute Gasteiger partial charge is 0.254 e. The van der Waals surface area contributed by atoms with E-state index >= 15 is 0 Å². The van der Waals surface area contributed by atoms with E-state index in [1.165, 1.54) is 23.4 Å². The second-order valence-corrected chi connectivity index (χ2v) is 11.2. The molecule has 2 aromatic carbocycles. The van der Waals surface area contributed by atoms with Crippen molar-refractivity contribution in [2.75, 3.05) is 33.3 Å². The number of amides is 2. The first-order valence-corrected chi connectivity index (χ1v) is 13.4. The molecule has 0 radical (unpaired) electrons. The topological polar surface area (TPSA) is 87.2 Å². The number of benzene rings is 2. The summed E-state index contributed by atoms with van der Waals surface area (Å²) in [6.07, 6.45) is 2.23. The quantitative estimate of drug-likeness (QED) is 0.557. The zero-order valence-corrected chi connectivity index (χ0v) is 21.3. The van der Waals surface area contributed by atoms with Crippen LogP contribution in [0.3, 0.4) is 0 Å². The van der Waals surface area contributed by atoms with Crippen molar-refractivity contribution in [3.8, 4) is 5.75 Å². The van der Waals surface area contributed by atoms with Crippen LogP contribution >= 0.6 is 0 Å². The van der Waals surface area contributed by atoms with Gasteiger partial charge < -0.3 is 14.5 Å². The van der Waals surface area contributed by atoms with Gasteiger partial charge in [-0.1, -0.05) is 12.1 Å². The standard InChI is InChI=1S/C26H33N3O5S/c1-19(22-6-7-22)29(18-21-4-10-24(34-3)11-5-21)26(31)23-8-12-25(13-9-23)35(32,33)28-16-14-27(15-17-28)20(2)30/h4-5,8-13,19,22H,6-7,14-18H2,1-3H3. The van der Waals surface area contributed by atoms with Crippen molar-refractivity contribution >= 4 is 21.8 Å². The number of piperazine rings is 1. The van der Waals surface area contributed by atoms with Crippen molar-refractivity contribution in [2.45, 2.75) is 44.2 Å². The van der Waals surface area contributed by atoms with Crippen molar-refractivity contribution in [3.05, 3.63) is 59.7 Å². The number of hydrogen-bond donors (Lipinski definition) is 0. The summed E-state index contributed by atoms with van der Waals surface area (Å²) in [5.74, 6) is 1.09. The molecule has 1 unspecified atom stereocenters. The van der Waals surface area contributed by atoms with E-state index < -0.39 is 10.0 Å². The molecule has 2 fully saturated rings. The van der Waals surface area contributed by atoms with Crippen molar-refractivity contribution in [1.29, 1.82) is 0 Å². The molecule has 0 spiro atoms. The zero-order valence-electron chi connectivity index (χ0n) is 20.5. The molecule has 0 N–H and O–H groups in total. The maximum Gasteiger partial charge on any atom is 0.254 e. The van der Waals surface area contributed by atoms with Gasteiger partial charge in [0.25, 0.3) is 5.91 Å². The summed E-state index contributed by atoms with van der Waals surface area (Å²) in [6.45, 7) is 5.32. The Kier molecular flexibility index (Phi) is 7.47. The van der Waals surface area contributed by atoms with Crippen LogP contribution in [0, 0.1) is 5.92 Å². The van der Waals surface area contributed by atoms with E-state index in [9.17, 15) is 18.0 Å². The highest BCUT2D eigenvalue weighted by atomic mass is 32.2. The molecule has 8 nitrogen and oxygen atoms in total. The molecule has 1 aliphatic heterocycles. The van der Waals surface area contributed by atoms with E-state index in [-0.39, 0.29) is 35.8 Å². The molecule has 0 aromatic heterocycles. The molecule has 2 amide bonds. The lowest BCUT2D eigenvalue weighted by atomic mass is 10.1. The Hall–Kier alpha value is -2.91. The van der Waals surface area contributed by atoms with E-state index in [1.807, 2.05) is 29.2 Å². The van der Waals surface area contributed by atoms with E-state index in [4.69, 9.17) is 4.74 Å². The fourth-order valence-electron chi connectivity index (χ4n) is 4.49. The van der Waals surface area contributed by atoms with Crippen molar-refractivity contribution in [2.24, 2.45) is 5.92 Å². The van der Waals surface area contributed by atoms with Crippen LogP contribution in [-0.2, 0) is 21.4 Å². The number of sulfonamides is 1. The van der Waals surface area contributed by atoms with E-state index in [2.05, 4.69) is 6.92 Å². The summed E-state index contributed by atoms with van der Waals surface area (Å²) in [4.78, 5) is 28.7. The van der Waals surface area contributed by atoms with Crippen molar-refractivity contribution in [1.82, 2.24) is 14.1 Å². The van der Waals surface area contributed by atoms with Gasteiger partial charge in [-0.05, 0) is 67.6 Å². The fraction of sp³-hybridized carbons (Fsp3) is 0.462. The third kappa shape index (κ3) is 5.67. The molecule has 0 bridgehead atoms. The second kappa shape index (κ2) is 10.4. The fourth-order valence-corrected chi connectivity index (χ4v) is 5.91. The number of carbonyl (C=O) groups is 2. The Balaban J connectivity index is 1.49. The highest BCUT2D eigenvalue weighted by molar-refractivity contribution is 7.89. The average molecular weight is 500 g/mol. The van der Waals surface area contributed by atoms with Gasteiger partial charge in [0.05, 0.1) is 12.0 Å². The summed E-state index contributed by atoms with van der Waals surface area (Å²) in [7, 11) is -2.07. The normalized spacial score (nSPS) is 17.6. The van der Waals surface area contributed by atoms with Crippen LogP contribution in [0.4, 0.5) is 0 Å². The molecule has 188 valence electrons. The first-order chi connectivity index (χ1) is 16.7. The summed E-state index contributed by atoms with van der Waals surface area (Å²) in [5.41, 5.74) is 1.47. The van der Waals surface area contributed by atoms with Gasteiger partial charge in [0.2, 0.25) is 15.9 Å². The number of ether oxygens (including phenoxy) is 1. The predicted molar refractivity (Wildman–Crippen MR) is 133 cm³/mol. The van der Waals surface area contributed by atoms with Gasteiger partial charge >= 0.3 is 0 Å². The average Bonchev–Trinajstić information content (AvgIpc) is 3.73. The highest BCUT2D eigenvalue weighted by Gasteiger charge is 2.35. The maximum absolute atomic E-state index is 13.5. The van der Waals surface area contributed by atoms with E-state index in [0.29, 0.717) is 31.1 Å². The highest BCUT2D eigenvalue weighted by Crippen LogP contribution is 2.36. The number of methoxy groups -OCH3 is 1. The lowest BCUT2D eigenvalue weighted by Crippen LogP contribution is -2.49. The maximum atomic E-state index is 13.5. The minimum atomic E-state index is -3.69. The molecule has 9 heteroatoms. The summed E-state index contributed by atoms with van der Waals surface area (Å²) < 4.78 is 32.8. The Labute approximate surface area is 207 Å². The minimum Gasteiger partial charge on any atom is -0.497 e. The lowest BCUT2D eigenvalue weighted by Gasteiger charge is -2.33. The summed E-state index contributed by atoms with van der Waals surface area (Å²) in [6, 6.07) is 14.0. The first kappa shape index (κ1) is 25.2. The van der Waals surface area contributed by atoms with Gasteiger partial charge in [-0.25, -0.2) is 8.42 Å². The van der Waals surface area contributed by atoms with Crippen LogP contribution in [-0.4, -0.2) is 73.7 Å². The van der Waals surface area contributed by atoms with Crippen molar-refractivity contribution < 1.29 is 22.7 Å². The Bertz CT molecular complexity index is 1150. The van der Waals surface area contributed by atoms with Gasteiger partial charge in [-0.15, -0.1) is 0 Å². The van der Waals surface area contributed by atoms with Gasteiger partial charge in [0.1, 0.15) is 5.75 Å². The van der Waals surface area contributed by atoms with Gasteiger partial charge in [0.15, 0.2) is 0 Å². The zero-order chi connectivity index (χ0) is 25.2. The van der Waals surface area contributed by atoms with Crippen LogP contribution in [0.25, 0.3) is 0 Å². The third-order valence-electron chi connectivity index (χ3n) is 6.99. The number of nitrogens with zero attached hydrogens (tertiary/aromatic N) is 3. The monoisotopic (exact) mass is 499 g/mol. The van der Waals surface area contributed by atoms with Crippen LogP contribution in [0.1, 0.15) is 42.6 Å². The summed E-state index contributed by atoms with van der Waals surface area (Å²) in [5, 5.41) is 0. The SMILES string of the molecule is COc1ccc(CN(C(=O)c2ccc(S(=O)(=O)N3CCN(C(C)=O)CC3)cc2)C(C)C2CC2)cc1.